The van der Waals surface area contributed by atoms with Crippen LogP contribution in [0.1, 0.15) is 37.0 Å². The average molecular weight is 507 g/mol. The molecule has 3 aromatic carbocycles. The number of carbonyl (C=O) groups excluding carboxylic acids is 1. The molecular formula is C29H34N2O4S. The molecular weight excluding hydrogens is 472 g/mol. The second kappa shape index (κ2) is 12.7. The van der Waals surface area contributed by atoms with Crippen molar-refractivity contribution in [2.45, 2.75) is 43.2 Å². The normalized spacial score (nSPS) is 14.1. The fourth-order valence-electron chi connectivity index (χ4n) is 4.34. The minimum Gasteiger partial charge on any atom is -0.481 e. The van der Waals surface area contributed by atoms with Crippen LogP contribution in [0.15, 0.2) is 91.0 Å². The molecule has 3 atom stereocenters. The summed E-state index contributed by atoms with van der Waals surface area (Å²) in [6.45, 7) is 3.64. The third-order valence-corrected chi connectivity index (χ3v) is 7.85. The standard InChI is InChI=1S/C29H34N2O4S/c1-20(2)27(25(32)18-26(33)34)31-28(35)24(30)19-36-29(21-12-6-3-7-13-21,22-14-8-4-9-15-22)23-16-10-5-11-17-23/h3-17,20,24-25,27,32H,18-19,30H2,1-2H3,(H,31,35)(H,33,34). The number of carboxylic acids is 1. The van der Waals surface area contributed by atoms with Gasteiger partial charge in [0.05, 0.1) is 29.4 Å². The van der Waals surface area contributed by atoms with Crippen molar-refractivity contribution < 1.29 is 19.8 Å². The van der Waals surface area contributed by atoms with Crippen LogP contribution in [0, 0.1) is 5.92 Å². The lowest BCUT2D eigenvalue weighted by Crippen LogP contribution is -2.53. The van der Waals surface area contributed by atoms with E-state index >= 15 is 0 Å². The summed E-state index contributed by atoms with van der Waals surface area (Å²) in [6.07, 6.45) is -1.66. The Bertz CT molecular complexity index is 1010. The summed E-state index contributed by atoms with van der Waals surface area (Å²) in [7, 11) is 0. The third-order valence-electron chi connectivity index (χ3n) is 6.18. The van der Waals surface area contributed by atoms with Crippen molar-refractivity contribution in [2.75, 3.05) is 5.75 Å². The first-order valence-corrected chi connectivity index (χ1v) is 13.0. The summed E-state index contributed by atoms with van der Waals surface area (Å²) in [5.41, 5.74) is 9.58. The number of hydrogen-bond acceptors (Lipinski definition) is 5. The predicted octanol–water partition coefficient (Wildman–Crippen LogP) is 4.02. The summed E-state index contributed by atoms with van der Waals surface area (Å²) in [6, 6.07) is 28.8. The molecule has 0 saturated heterocycles. The van der Waals surface area contributed by atoms with E-state index in [9.17, 15) is 14.7 Å². The molecule has 5 N–H and O–H groups in total. The summed E-state index contributed by atoms with van der Waals surface area (Å²) < 4.78 is -0.609. The zero-order valence-corrected chi connectivity index (χ0v) is 21.4. The van der Waals surface area contributed by atoms with Gasteiger partial charge >= 0.3 is 5.97 Å². The van der Waals surface area contributed by atoms with Gasteiger partial charge in [-0.2, -0.15) is 0 Å². The van der Waals surface area contributed by atoms with Crippen LogP contribution in [0.4, 0.5) is 0 Å². The second-order valence-corrected chi connectivity index (χ2v) is 10.4. The van der Waals surface area contributed by atoms with Gasteiger partial charge in [0.25, 0.3) is 0 Å². The molecule has 3 rings (SSSR count). The van der Waals surface area contributed by atoms with Crippen molar-refractivity contribution in [1.82, 2.24) is 5.32 Å². The number of benzene rings is 3. The number of aliphatic carboxylic acids is 1. The van der Waals surface area contributed by atoms with E-state index in [-0.39, 0.29) is 5.92 Å². The highest BCUT2D eigenvalue weighted by Crippen LogP contribution is 2.48. The van der Waals surface area contributed by atoms with Crippen LogP contribution >= 0.6 is 11.8 Å². The summed E-state index contributed by atoms with van der Waals surface area (Å²) in [5.74, 6) is -1.42. The summed E-state index contributed by atoms with van der Waals surface area (Å²) in [5, 5.41) is 22.2. The quantitative estimate of drug-likeness (QED) is 0.276. The van der Waals surface area contributed by atoms with Crippen LogP contribution in [0.5, 0.6) is 0 Å². The Labute approximate surface area is 216 Å². The van der Waals surface area contributed by atoms with Crippen LogP contribution in [-0.2, 0) is 14.3 Å². The molecule has 0 radical (unpaired) electrons. The molecule has 190 valence electrons. The molecule has 0 aliphatic rings. The average Bonchev–Trinajstić information content (AvgIpc) is 2.88. The molecule has 1 amide bonds. The Balaban J connectivity index is 1.91. The molecule has 0 aliphatic heterocycles. The van der Waals surface area contributed by atoms with Crippen molar-refractivity contribution in [3.05, 3.63) is 108 Å². The van der Waals surface area contributed by atoms with Crippen LogP contribution in [0.25, 0.3) is 0 Å². The number of nitrogens with two attached hydrogens (primary N) is 1. The molecule has 0 fully saturated rings. The Hall–Kier alpha value is -3.13. The number of nitrogens with one attached hydrogen (secondary N) is 1. The van der Waals surface area contributed by atoms with E-state index < -0.39 is 41.2 Å². The Morgan fingerprint density at radius 1 is 0.861 bits per heavy atom. The van der Waals surface area contributed by atoms with Gasteiger partial charge in [-0.3, -0.25) is 9.59 Å². The third kappa shape index (κ3) is 6.55. The maximum Gasteiger partial charge on any atom is 0.306 e. The minimum atomic E-state index is -1.21. The molecule has 36 heavy (non-hydrogen) atoms. The van der Waals surface area contributed by atoms with Crippen molar-refractivity contribution in [1.29, 1.82) is 0 Å². The summed E-state index contributed by atoms with van der Waals surface area (Å²) >= 11 is 1.58. The molecule has 0 saturated carbocycles. The number of hydrogen-bond donors (Lipinski definition) is 4. The fourth-order valence-corrected chi connectivity index (χ4v) is 5.83. The van der Waals surface area contributed by atoms with Crippen LogP contribution in [-0.4, -0.2) is 46.0 Å². The number of rotatable bonds is 12. The van der Waals surface area contributed by atoms with Crippen molar-refractivity contribution in [3.8, 4) is 0 Å². The lowest BCUT2D eigenvalue weighted by atomic mass is 9.84. The number of aliphatic hydroxyl groups is 1. The van der Waals surface area contributed by atoms with Gasteiger partial charge in [-0.15, -0.1) is 11.8 Å². The first-order chi connectivity index (χ1) is 17.3. The summed E-state index contributed by atoms with van der Waals surface area (Å²) in [4.78, 5) is 24.1. The zero-order valence-electron chi connectivity index (χ0n) is 20.6. The first kappa shape index (κ1) is 27.5. The van der Waals surface area contributed by atoms with Gasteiger partial charge in [-0.1, -0.05) is 105 Å². The monoisotopic (exact) mass is 506 g/mol. The smallest absolute Gasteiger partial charge is 0.306 e. The molecule has 6 nitrogen and oxygen atoms in total. The van der Waals surface area contributed by atoms with Gasteiger partial charge in [0, 0.05) is 5.75 Å². The molecule has 0 aromatic heterocycles. The Morgan fingerprint density at radius 2 is 1.28 bits per heavy atom. The first-order valence-electron chi connectivity index (χ1n) is 12.0. The zero-order chi connectivity index (χ0) is 26.1. The van der Waals surface area contributed by atoms with Crippen LogP contribution < -0.4 is 11.1 Å². The maximum atomic E-state index is 13.1. The second-order valence-electron chi connectivity index (χ2n) is 9.14. The number of thioether (sulfide) groups is 1. The van der Waals surface area contributed by atoms with Crippen LogP contribution in [0.3, 0.4) is 0 Å². The largest absolute Gasteiger partial charge is 0.481 e. The highest BCUT2D eigenvalue weighted by atomic mass is 32.2. The number of amides is 1. The molecule has 0 bridgehead atoms. The number of aliphatic hydroxyl groups excluding tert-OH is 1. The van der Waals surface area contributed by atoms with Crippen molar-refractivity contribution in [2.24, 2.45) is 11.7 Å². The topological polar surface area (TPSA) is 113 Å². The molecule has 0 aliphatic carbocycles. The lowest BCUT2D eigenvalue weighted by molar-refractivity contribution is -0.140. The predicted molar refractivity (Wildman–Crippen MR) is 145 cm³/mol. The van der Waals surface area contributed by atoms with E-state index in [0.29, 0.717) is 5.75 Å². The van der Waals surface area contributed by atoms with Gasteiger partial charge in [0.2, 0.25) is 5.91 Å². The van der Waals surface area contributed by atoms with E-state index in [1.165, 1.54) is 0 Å². The SMILES string of the molecule is CC(C)C(NC(=O)C(N)CSC(c1ccccc1)(c1ccccc1)c1ccccc1)C(O)CC(=O)O. The molecule has 3 aromatic rings. The van der Waals surface area contributed by atoms with Crippen molar-refractivity contribution in [3.63, 3.8) is 0 Å². The fraction of sp³-hybridized carbons (Fsp3) is 0.310. The highest BCUT2D eigenvalue weighted by Gasteiger charge is 2.38. The number of carboxylic acid groups (broad SMARTS) is 1. The van der Waals surface area contributed by atoms with Gasteiger partial charge < -0.3 is 21.3 Å². The molecule has 0 heterocycles. The van der Waals surface area contributed by atoms with Gasteiger partial charge in [-0.05, 0) is 22.6 Å². The van der Waals surface area contributed by atoms with Crippen LogP contribution in [0.2, 0.25) is 0 Å². The lowest BCUT2D eigenvalue weighted by Gasteiger charge is -2.36. The Kier molecular flexibility index (Phi) is 9.70. The maximum absolute atomic E-state index is 13.1. The van der Waals surface area contributed by atoms with E-state index in [0.717, 1.165) is 16.7 Å². The van der Waals surface area contributed by atoms with Gasteiger partial charge in [0.15, 0.2) is 0 Å². The van der Waals surface area contributed by atoms with E-state index in [1.807, 2.05) is 68.4 Å². The van der Waals surface area contributed by atoms with Crippen molar-refractivity contribution >= 4 is 23.6 Å². The molecule has 3 unspecified atom stereocenters. The minimum absolute atomic E-state index is 0.166. The molecule has 7 heteroatoms. The van der Waals surface area contributed by atoms with E-state index in [4.69, 9.17) is 10.8 Å². The number of carbonyl (C=O) groups is 2. The van der Waals surface area contributed by atoms with Gasteiger partial charge in [-0.25, -0.2) is 0 Å². The van der Waals surface area contributed by atoms with E-state index in [1.54, 1.807) is 11.8 Å². The van der Waals surface area contributed by atoms with E-state index in [2.05, 4.69) is 41.7 Å². The Morgan fingerprint density at radius 3 is 1.64 bits per heavy atom. The van der Waals surface area contributed by atoms with Gasteiger partial charge in [0.1, 0.15) is 0 Å². The highest BCUT2D eigenvalue weighted by molar-refractivity contribution is 8.00. The molecule has 0 spiro atoms.